The Morgan fingerprint density at radius 3 is 2.27 bits per heavy atom. The van der Waals surface area contributed by atoms with Crippen molar-refractivity contribution >= 4 is 28.1 Å². The van der Waals surface area contributed by atoms with Crippen molar-refractivity contribution in [3.63, 3.8) is 0 Å². The molecule has 30 heavy (non-hydrogen) atoms. The maximum atomic E-state index is 2.41. The molecule has 0 N–H and O–H groups in total. The van der Waals surface area contributed by atoms with E-state index in [1.807, 2.05) is 0 Å². The molecule has 0 spiro atoms. The fourth-order valence-corrected chi connectivity index (χ4v) is 9.81. The predicted molar refractivity (Wildman–Crippen MR) is 127 cm³/mol. The molecule has 0 amide bonds. The van der Waals surface area contributed by atoms with Crippen LogP contribution in [0.3, 0.4) is 0 Å². The van der Waals surface area contributed by atoms with E-state index in [1.54, 1.807) is 17.5 Å². The van der Waals surface area contributed by atoms with E-state index in [1.165, 1.54) is 38.4 Å². The van der Waals surface area contributed by atoms with Gasteiger partial charge in [-0.1, -0.05) is 0 Å². The third-order valence-corrected chi connectivity index (χ3v) is 11.1. The Bertz CT molecular complexity index is 1420. The minimum atomic E-state index is -1.09. The molecule has 0 bridgehead atoms. The summed E-state index contributed by atoms with van der Waals surface area (Å²) in [6.07, 6.45) is 10.2. The SMILES string of the molecule is C[C](C)=[Hf][c]1c(C2C=CC=C2)ccc2ccc3c(c12)-c1c(ccc2ccccc12)C3. The van der Waals surface area contributed by atoms with Crippen LogP contribution in [0.2, 0.25) is 0 Å². The molecule has 0 nitrogen and oxygen atoms in total. The van der Waals surface area contributed by atoms with Gasteiger partial charge in [0.25, 0.3) is 0 Å². The number of allylic oxidation sites excluding steroid dienone is 4. The van der Waals surface area contributed by atoms with Crippen molar-refractivity contribution in [2.45, 2.75) is 26.2 Å². The summed E-state index contributed by atoms with van der Waals surface area (Å²) in [7, 11) is 0. The topological polar surface area (TPSA) is 0 Å². The van der Waals surface area contributed by atoms with Crippen molar-refractivity contribution in [3.05, 3.63) is 102 Å². The van der Waals surface area contributed by atoms with Gasteiger partial charge in [0.15, 0.2) is 0 Å². The van der Waals surface area contributed by atoms with Crippen molar-refractivity contribution < 1.29 is 22.4 Å². The van der Waals surface area contributed by atoms with Crippen LogP contribution < -0.4 is 3.32 Å². The fraction of sp³-hybridized carbons (Fsp3) is 0.138. The third-order valence-electron chi connectivity index (χ3n) is 6.43. The van der Waals surface area contributed by atoms with Gasteiger partial charge < -0.3 is 0 Å². The van der Waals surface area contributed by atoms with E-state index >= 15 is 0 Å². The quantitative estimate of drug-likeness (QED) is 0.215. The Morgan fingerprint density at radius 2 is 1.47 bits per heavy atom. The van der Waals surface area contributed by atoms with Crippen molar-refractivity contribution in [2.75, 3.05) is 0 Å². The predicted octanol–water partition coefficient (Wildman–Crippen LogP) is 6.69. The third kappa shape index (κ3) is 2.79. The van der Waals surface area contributed by atoms with Crippen LogP contribution in [-0.2, 0) is 28.8 Å². The van der Waals surface area contributed by atoms with E-state index in [4.69, 9.17) is 0 Å². The second-order valence-corrected chi connectivity index (χ2v) is 14.9. The second-order valence-electron chi connectivity index (χ2n) is 8.65. The standard InChI is InChI=1S/C26H17.C3H6.Hf/c1-2-6-17(5-1)20-12-9-19-11-14-22-15-21-13-10-18-7-3-4-8-23(18)25(21)26(22)24(19)16-20;1-3-2;/h1-14,17H,15H2;1-2H3;. The van der Waals surface area contributed by atoms with E-state index < -0.39 is 22.4 Å². The molecule has 143 valence electrons. The number of rotatable bonds is 2. The Balaban J connectivity index is 1.78. The summed E-state index contributed by atoms with van der Waals surface area (Å²) in [4.78, 5) is 0. The molecule has 4 aromatic rings. The monoisotopic (exact) mass is 551 g/mol. The number of hydrogen-bond acceptors (Lipinski definition) is 0. The summed E-state index contributed by atoms with van der Waals surface area (Å²) in [5.41, 5.74) is 7.54. The molecule has 1 heteroatoms. The summed E-state index contributed by atoms with van der Waals surface area (Å²) in [6.45, 7) is 4.69. The summed E-state index contributed by atoms with van der Waals surface area (Å²) in [6, 6.07) is 23.1. The Hall–Kier alpha value is -2.38. The van der Waals surface area contributed by atoms with Crippen LogP contribution in [0.1, 0.15) is 36.5 Å². The van der Waals surface area contributed by atoms with Gasteiger partial charge in [0, 0.05) is 0 Å². The average Bonchev–Trinajstić information content (AvgIpc) is 3.41. The summed E-state index contributed by atoms with van der Waals surface area (Å²) in [5.74, 6) is 0.431. The zero-order chi connectivity index (χ0) is 20.2. The van der Waals surface area contributed by atoms with E-state index in [9.17, 15) is 0 Å². The average molecular weight is 550 g/mol. The molecular weight excluding hydrogens is 527 g/mol. The molecule has 4 aromatic carbocycles. The first-order valence-electron chi connectivity index (χ1n) is 10.7. The van der Waals surface area contributed by atoms with Crippen LogP contribution in [-0.4, -0.2) is 3.26 Å². The van der Waals surface area contributed by atoms with Crippen LogP contribution in [0.15, 0.2) is 85.0 Å². The van der Waals surface area contributed by atoms with Gasteiger partial charge >= 0.3 is 190 Å². The molecule has 0 fully saturated rings. The number of hydrogen-bond donors (Lipinski definition) is 0. The Morgan fingerprint density at radius 1 is 0.767 bits per heavy atom. The van der Waals surface area contributed by atoms with Crippen molar-refractivity contribution in [1.29, 1.82) is 0 Å². The van der Waals surface area contributed by atoms with Crippen LogP contribution in [0.5, 0.6) is 0 Å². The second kappa shape index (κ2) is 7.10. The molecule has 0 aromatic heterocycles. The minimum absolute atomic E-state index is 0.431. The van der Waals surface area contributed by atoms with Gasteiger partial charge in [-0.3, -0.25) is 0 Å². The molecule has 0 radical (unpaired) electrons. The van der Waals surface area contributed by atoms with E-state index in [0.29, 0.717) is 5.92 Å². The summed E-state index contributed by atoms with van der Waals surface area (Å²) < 4.78 is 3.36. The van der Waals surface area contributed by atoms with Gasteiger partial charge in [-0.05, 0) is 0 Å². The van der Waals surface area contributed by atoms with Crippen LogP contribution in [0, 0.1) is 0 Å². The Labute approximate surface area is 188 Å². The van der Waals surface area contributed by atoms with Crippen molar-refractivity contribution in [1.82, 2.24) is 0 Å². The number of fused-ring (bicyclic) bond motifs is 7. The molecule has 0 atom stereocenters. The van der Waals surface area contributed by atoms with Gasteiger partial charge in [-0.2, -0.15) is 0 Å². The zero-order valence-corrected chi connectivity index (χ0v) is 21.0. The summed E-state index contributed by atoms with van der Waals surface area (Å²) in [5, 5.41) is 5.72. The molecule has 0 saturated carbocycles. The van der Waals surface area contributed by atoms with Crippen molar-refractivity contribution in [3.8, 4) is 11.1 Å². The molecule has 0 aliphatic heterocycles. The van der Waals surface area contributed by atoms with Gasteiger partial charge in [0.1, 0.15) is 0 Å². The Kier molecular flexibility index (Phi) is 4.35. The normalized spacial score (nSPS) is 14.3. The first-order valence-corrected chi connectivity index (χ1v) is 14.3. The first-order chi connectivity index (χ1) is 14.7. The van der Waals surface area contributed by atoms with E-state index in [2.05, 4.69) is 98.8 Å². The first kappa shape index (κ1) is 18.4. The van der Waals surface area contributed by atoms with Gasteiger partial charge in [0.05, 0.1) is 0 Å². The zero-order valence-electron chi connectivity index (χ0n) is 17.4. The molecule has 2 aliphatic carbocycles. The van der Waals surface area contributed by atoms with Crippen LogP contribution in [0.25, 0.3) is 32.7 Å². The molecule has 0 heterocycles. The van der Waals surface area contributed by atoms with Gasteiger partial charge in [-0.15, -0.1) is 0 Å². The van der Waals surface area contributed by atoms with E-state index in [0.717, 1.165) is 6.42 Å². The molecule has 6 rings (SSSR count). The summed E-state index contributed by atoms with van der Waals surface area (Å²) >= 11 is -1.09. The van der Waals surface area contributed by atoms with E-state index in [-0.39, 0.29) is 0 Å². The van der Waals surface area contributed by atoms with Crippen molar-refractivity contribution in [2.24, 2.45) is 0 Å². The molecule has 2 aliphatic rings. The fourth-order valence-electron chi connectivity index (χ4n) is 5.18. The van der Waals surface area contributed by atoms with Gasteiger partial charge in [-0.25, -0.2) is 0 Å². The van der Waals surface area contributed by atoms with Crippen LogP contribution in [0.4, 0.5) is 0 Å². The molecular formula is C29H23Hf. The number of benzene rings is 4. The van der Waals surface area contributed by atoms with Crippen LogP contribution >= 0.6 is 0 Å². The van der Waals surface area contributed by atoms with Gasteiger partial charge in [0.2, 0.25) is 0 Å². The molecule has 0 saturated heterocycles. The molecule has 0 unspecified atom stereocenters. The maximum absolute atomic E-state index is 2.41.